The van der Waals surface area contributed by atoms with Gasteiger partial charge in [0.05, 0.1) is 23.1 Å². The molecular formula is C13H16N2O2S. The van der Waals surface area contributed by atoms with E-state index >= 15 is 0 Å². The number of benzene rings is 1. The minimum Gasteiger partial charge on any atom is -0.381 e. The quantitative estimate of drug-likeness (QED) is 0.885. The first-order valence-electron chi connectivity index (χ1n) is 5.98. The molecule has 5 heteroatoms. The third-order valence-corrected chi connectivity index (χ3v) is 5.00. The normalized spacial score (nSPS) is 22.1. The zero-order valence-corrected chi connectivity index (χ0v) is 11.1. The van der Waals surface area contributed by atoms with E-state index in [1.807, 2.05) is 19.1 Å². The molecule has 1 heterocycles. The number of sulfone groups is 1. The van der Waals surface area contributed by atoms with Crippen LogP contribution in [-0.2, 0) is 9.84 Å². The highest BCUT2D eigenvalue weighted by Crippen LogP contribution is 2.19. The van der Waals surface area contributed by atoms with Crippen molar-refractivity contribution in [3.05, 3.63) is 29.3 Å². The van der Waals surface area contributed by atoms with Crippen molar-refractivity contribution in [3.63, 3.8) is 0 Å². The molecule has 1 atom stereocenters. The van der Waals surface area contributed by atoms with Crippen LogP contribution in [0.5, 0.6) is 0 Å². The number of nitrogens with zero attached hydrogens (tertiary/aromatic N) is 1. The van der Waals surface area contributed by atoms with E-state index in [9.17, 15) is 8.42 Å². The van der Waals surface area contributed by atoms with Gasteiger partial charge < -0.3 is 5.32 Å². The van der Waals surface area contributed by atoms with Crippen molar-refractivity contribution >= 4 is 15.5 Å². The second-order valence-electron chi connectivity index (χ2n) is 4.74. The minimum absolute atomic E-state index is 0.0175. The topological polar surface area (TPSA) is 70.0 Å². The highest BCUT2D eigenvalue weighted by Gasteiger charge is 2.24. The minimum atomic E-state index is -2.89. The zero-order chi connectivity index (χ0) is 13.2. The fourth-order valence-electron chi connectivity index (χ4n) is 2.25. The van der Waals surface area contributed by atoms with Crippen molar-refractivity contribution in [1.82, 2.24) is 0 Å². The van der Waals surface area contributed by atoms with Crippen LogP contribution in [0.4, 0.5) is 5.69 Å². The third kappa shape index (κ3) is 3.02. The maximum atomic E-state index is 11.5. The summed E-state index contributed by atoms with van der Waals surface area (Å²) in [5.41, 5.74) is 2.44. The van der Waals surface area contributed by atoms with Gasteiger partial charge in [-0.05, 0) is 43.5 Å². The summed E-state index contributed by atoms with van der Waals surface area (Å²) in [6, 6.07) is 7.57. The average molecular weight is 264 g/mol. The number of nitriles is 1. The van der Waals surface area contributed by atoms with Crippen LogP contribution in [0.15, 0.2) is 18.2 Å². The second-order valence-corrected chi connectivity index (χ2v) is 6.97. The zero-order valence-electron chi connectivity index (χ0n) is 10.3. The Morgan fingerprint density at radius 3 is 2.83 bits per heavy atom. The van der Waals surface area contributed by atoms with Crippen LogP contribution in [0.25, 0.3) is 0 Å². The lowest BCUT2D eigenvalue weighted by Crippen LogP contribution is -2.34. The molecule has 4 nitrogen and oxygen atoms in total. The van der Waals surface area contributed by atoms with E-state index in [0.29, 0.717) is 11.3 Å². The Balaban J connectivity index is 2.10. The van der Waals surface area contributed by atoms with Gasteiger partial charge in [0, 0.05) is 11.7 Å². The Morgan fingerprint density at radius 2 is 2.22 bits per heavy atom. The molecule has 1 N–H and O–H groups in total. The lowest BCUT2D eigenvalue weighted by atomic mass is 10.1. The molecular weight excluding hydrogens is 248 g/mol. The van der Waals surface area contributed by atoms with E-state index < -0.39 is 9.84 Å². The van der Waals surface area contributed by atoms with Crippen molar-refractivity contribution in [1.29, 1.82) is 5.26 Å². The molecule has 0 amide bonds. The fraction of sp³-hybridized carbons (Fsp3) is 0.462. The van der Waals surface area contributed by atoms with Gasteiger partial charge in [-0.3, -0.25) is 0 Å². The molecule has 96 valence electrons. The van der Waals surface area contributed by atoms with Gasteiger partial charge in [-0.2, -0.15) is 5.26 Å². The third-order valence-electron chi connectivity index (χ3n) is 3.18. The molecule has 1 unspecified atom stereocenters. The van der Waals surface area contributed by atoms with Crippen LogP contribution in [0.1, 0.15) is 24.0 Å². The highest BCUT2D eigenvalue weighted by molar-refractivity contribution is 7.91. The number of hydrogen-bond donors (Lipinski definition) is 1. The molecule has 1 aliphatic rings. The Bertz CT molecular complexity index is 587. The Labute approximate surface area is 108 Å². The van der Waals surface area contributed by atoms with Gasteiger partial charge in [-0.25, -0.2) is 8.42 Å². The van der Waals surface area contributed by atoms with Gasteiger partial charge in [-0.1, -0.05) is 0 Å². The predicted octanol–water partition coefficient (Wildman–Crippen LogP) is 1.86. The van der Waals surface area contributed by atoms with E-state index in [0.717, 1.165) is 24.1 Å². The summed E-state index contributed by atoms with van der Waals surface area (Å²) in [6.07, 6.45) is 1.59. The van der Waals surface area contributed by atoms with E-state index in [-0.39, 0.29) is 11.8 Å². The number of nitrogens with one attached hydrogen (secondary N) is 1. The summed E-state index contributed by atoms with van der Waals surface area (Å²) >= 11 is 0. The molecule has 0 aliphatic carbocycles. The second kappa shape index (κ2) is 4.99. The summed E-state index contributed by atoms with van der Waals surface area (Å²) < 4.78 is 23.1. The largest absolute Gasteiger partial charge is 0.381 e. The van der Waals surface area contributed by atoms with Crippen molar-refractivity contribution < 1.29 is 8.42 Å². The van der Waals surface area contributed by atoms with Crippen molar-refractivity contribution in [2.45, 2.75) is 25.8 Å². The van der Waals surface area contributed by atoms with Crippen LogP contribution >= 0.6 is 0 Å². The van der Waals surface area contributed by atoms with Crippen molar-refractivity contribution in [3.8, 4) is 6.07 Å². The maximum Gasteiger partial charge on any atom is 0.152 e. The number of hydrogen-bond acceptors (Lipinski definition) is 4. The van der Waals surface area contributed by atoms with Gasteiger partial charge in [0.25, 0.3) is 0 Å². The van der Waals surface area contributed by atoms with E-state index in [1.165, 1.54) is 0 Å². The van der Waals surface area contributed by atoms with Gasteiger partial charge >= 0.3 is 0 Å². The van der Waals surface area contributed by atoms with Crippen molar-refractivity contribution in [2.24, 2.45) is 0 Å². The van der Waals surface area contributed by atoms with Crippen LogP contribution in [-0.4, -0.2) is 26.0 Å². The predicted molar refractivity (Wildman–Crippen MR) is 71.2 cm³/mol. The van der Waals surface area contributed by atoms with Crippen LogP contribution in [0, 0.1) is 18.3 Å². The first kappa shape index (κ1) is 12.9. The Morgan fingerprint density at radius 1 is 1.44 bits per heavy atom. The molecule has 0 saturated carbocycles. The van der Waals surface area contributed by atoms with Crippen molar-refractivity contribution in [2.75, 3.05) is 16.8 Å². The smallest absolute Gasteiger partial charge is 0.152 e. The highest BCUT2D eigenvalue weighted by atomic mass is 32.2. The molecule has 2 rings (SSSR count). The first-order chi connectivity index (χ1) is 8.50. The molecule has 0 radical (unpaired) electrons. The van der Waals surface area contributed by atoms with E-state index in [4.69, 9.17) is 5.26 Å². The average Bonchev–Trinajstić information content (AvgIpc) is 2.28. The summed E-state index contributed by atoms with van der Waals surface area (Å²) in [5.74, 6) is 0.504. The molecule has 1 aromatic carbocycles. The molecule has 1 aromatic rings. The molecule has 18 heavy (non-hydrogen) atoms. The van der Waals surface area contributed by atoms with Gasteiger partial charge in [-0.15, -0.1) is 0 Å². The fourth-order valence-corrected chi connectivity index (χ4v) is 3.89. The van der Waals surface area contributed by atoms with E-state index in [2.05, 4.69) is 11.4 Å². The Kier molecular flexibility index (Phi) is 3.58. The van der Waals surface area contributed by atoms with Crippen LogP contribution in [0.2, 0.25) is 0 Å². The molecule has 1 fully saturated rings. The first-order valence-corrected chi connectivity index (χ1v) is 7.80. The number of anilines is 1. The summed E-state index contributed by atoms with van der Waals surface area (Å²) in [4.78, 5) is 0. The molecule has 0 spiro atoms. The van der Waals surface area contributed by atoms with E-state index in [1.54, 1.807) is 6.07 Å². The SMILES string of the molecule is Cc1cc(NC2CCCS(=O)(=O)C2)ccc1C#N. The lowest BCUT2D eigenvalue weighted by molar-refractivity contribution is 0.562. The monoisotopic (exact) mass is 264 g/mol. The van der Waals surface area contributed by atoms with Gasteiger partial charge in [0.15, 0.2) is 9.84 Å². The van der Waals surface area contributed by atoms with Crippen LogP contribution in [0.3, 0.4) is 0 Å². The molecule has 1 aliphatic heterocycles. The molecule has 0 bridgehead atoms. The van der Waals surface area contributed by atoms with Gasteiger partial charge in [0.1, 0.15) is 0 Å². The van der Waals surface area contributed by atoms with Crippen LogP contribution < -0.4 is 5.32 Å². The maximum absolute atomic E-state index is 11.5. The standard InChI is InChI=1S/C13H16N2O2S/c1-10-7-12(5-4-11(10)8-14)15-13-3-2-6-18(16,17)9-13/h4-5,7,13,15H,2-3,6,9H2,1H3. The van der Waals surface area contributed by atoms with Gasteiger partial charge in [0.2, 0.25) is 0 Å². The number of rotatable bonds is 2. The summed E-state index contributed by atoms with van der Waals surface area (Å²) in [7, 11) is -2.89. The lowest BCUT2D eigenvalue weighted by Gasteiger charge is -2.24. The summed E-state index contributed by atoms with van der Waals surface area (Å²) in [5, 5.41) is 12.1. The Hall–Kier alpha value is -1.54. The molecule has 0 aromatic heterocycles. The number of aryl methyl sites for hydroxylation is 1. The summed E-state index contributed by atoms with van der Waals surface area (Å²) in [6.45, 7) is 1.88. The molecule has 1 saturated heterocycles.